The van der Waals surface area contributed by atoms with Gasteiger partial charge >= 0.3 is 0 Å². The van der Waals surface area contributed by atoms with Crippen molar-refractivity contribution in [1.82, 2.24) is 0 Å². The monoisotopic (exact) mass is 395 g/mol. The number of fused-ring (bicyclic) bond motifs is 2. The van der Waals surface area contributed by atoms with Crippen LogP contribution in [0.3, 0.4) is 0 Å². The van der Waals surface area contributed by atoms with E-state index >= 15 is 0 Å². The normalized spacial score (nSPS) is 17.2. The summed E-state index contributed by atoms with van der Waals surface area (Å²) in [6.45, 7) is 6.29. The third kappa shape index (κ3) is 3.89. The van der Waals surface area contributed by atoms with Gasteiger partial charge < -0.3 is 19.1 Å². The maximum atomic E-state index is 13.2. The van der Waals surface area contributed by atoms with Crippen LogP contribution >= 0.6 is 0 Å². The van der Waals surface area contributed by atoms with Crippen molar-refractivity contribution in [3.8, 4) is 5.75 Å². The molecule has 1 amide bonds. The van der Waals surface area contributed by atoms with E-state index in [9.17, 15) is 4.79 Å². The van der Waals surface area contributed by atoms with Crippen LogP contribution in [-0.4, -0.2) is 25.7 Å². The molecule has 2 aliphatic rings. The molecule has 0 aromatic heterocycles. The smallest absolute Gasteiger partial charge is 0.292 e. The van der Waals surface area contributed by atoms with Gasteiger partial charge in [-0.15, -0.1) is 0 Å². The van der Waals surface area contributed by atoms with E-state index in [4.69, 9.17) is 14.2 Å². The fourth-order valence-electron chi connectivity index (χ4n) is 3.99. The largest absolute Gasteiger partial charge is 0.494 e. The molecule has 1 saturated heterocycles. The Labute approximate surface area is 172 Å². The number of hydrogen-bond acceptors (Lipinski definition) is 4. The third-order valence-electron chi connectivity index (χ3n) is 5.55. The number of rotatable bonds is 8. The van der Waals surface area contributed by atoms with E-state index in [1.807, 2.05) is 49.4 Å². The van der Waals surface area contributed by atoms with E-state index in [0.29, 0.717) is 19.8 Å². The van der Waals surface area contributed by atoms with E-state index in [-0.39, 0.29) is 5.91 Å². The van der Waals surface area contributed by atoms with Gasteiger partial charge in [-0.1, -0.05) is 49.9 Å². The molecule has 0 saturated carbocycles. The Morgan fingerprint density at radius 2 is 1.79 bits per heavy atom. The van der Waals surface area contributed by atoms with Gasteiger partial charge in [-0.2, -0.15) is 0 Å². The first-order chi connectivity index (χ1) is 14.1. The van der Waals surface area contributed by atoms with Crippen LogP contribution in [0.25, 0.3) is 0 Å². The summed E-state index contributed by atoms with van der Waals surface area (Å²) in [4.78, 5) is 15.0. The van der Waals surface area contributed by atoms with Gasteiger partial charge in [-0.25, -0.2) is 0 Å². The molecule has 4 rings (SSSR count). The quantitative estimate of drug-likeness (QED) is 0.608. The van der Waals surface area contributed by atoms with Crippen LogP contribution in [0.1, 0.15) is 49.3 Å². The van der Waals surface area contributed by atoms with Crippen LogP contribution in [0.2, 0.25) is 0 Å². The molecule has 0 N–H and O–H groups in total. The Morgan fingerprint density at radius 3 is 2.52 bits per heavy atom. The first kappa shape index (κ1) is 19.9. The van der Waals surface area contributed by atoms with E-state index < -0.39 is 5.79 Å². The standard InChI is InChI=1S/C24H29NO4/c1-3-4-5-6-13-27-20-10-8-19(9-11-20)17-25-22-12-7-18(2)16-21(22)24(23(25)26)28-14-15-29-24/h7-12,16H,3-6,13-15,17H2,1-2H3. The fourth-order valence-corrected chi connectivity index (χ4v) is 3.99. The number of hydrogen-bond donors (Lipinski definition) is 0. The van der Waals surface area contributed by atoms with E-state index in [2.05, 4.69) is 6.92 Å². The molecule has 2 heterocycles. The van der Waals surface area contributed by atoms with Crippen LogP contribution in [-0.2, 0) is 26.6 Å². The highest BCUT2D eigenvalue weighted by Crippen LogP contribution is 2.46. The summed E-state index contributed by atoms with van der Waals surface area (Å²) in [5.41, 5.74) is 3.79. The highest BCUT2D eigenvalue weighted by atomic mass is 16.7. The zero-order valence-corrected chi connectivity index (χ0v) is 17.3. The minimum atomic E-state index is -1.27. The number of amides is 1. The van der Waals surface area contributed by atoms with Crippen molar-refractivity contribution >= 4 is 11.6 Å². The summed E-state index contributed by atoms with van der Waals surface area (Å²) in [7, 11) is 0. The van der Waals surface area contributed by atoms with Crippen molar-refractivity contribution in [1.29, 1.82) is 0 Å². The molecule has 1 spiro atoms. The second-order valence-electron chi connectivity index (χ2n) is 7.78. The number of nitrogens with zero attached hydrogens (tertiary/aromatic N) is 1. The molecule has 2 aliphatic heterocycles. The molecule has 5 heteroatoms. The lowest BCUT2D eigenvalue weighted by molar-refractivity contribution is -0.180. The summed E-state index contributed by atoms with van der Waals surface area (Å²) < 4.78 is 17.5. The zero-order chi connectivity index (χ0) is 20.3. The lowest BCUT2D eigenvalue weighted by Crippen LogP contribution is -2.40. The van der Waals surface area contributed by atoms with Gasteiger partial charge in [0.25, 0.3) is 11.7 Å². The molecule has 0 atom stereocenters. The van der Waals surface area contributed by atoms with E-state index in [1.165, 1.54) is 19.3 Å². The predicted octanol–water partition coefficient (Wildman–Crippen LogP) is 4.70. The number of carbonyl (C=O) groups is 1. The topological polar surface area (TPSA) is 48.0 Å². The van der Waals surface area contributed by atoms with E-state index in [1.54, 1.807) is 4.90 Å². The molecule has 0 aliphatic carbocycles. The molecule has 0 radical (unpaired) electrons. The van der Waals surface area contributed by atoms with Crippen molar-refractivity contribution in [2.75, 3.05) is 24.7 Å². The molecule has 154 valence electrons. The number of anilines is 1. The molecule has 2 aromatic carbocycles. The Balaban J connectivity index is 1.46. The maximum absolute atomic E-state index is 13.2. The van der Waals surface area contributed by atoms with Crippen LogP contribution in [0, 0.1) is 6.92 Å². The fraction of sp³-hybridized carbons (Fsp3) is 0.458. The molecule has 2 aromatic rings. The number of benzene rings is 2. The van der Waals surface area contributed by atoms with Crippen molar-refractivity contribution < 1.29 is 19.0 Å². The van der Waals surface area contributed by atoms with Crippen LogP contribution in [0.4, 0.5) is 5.69 Å². The van der Waals surface area contributed by atoms with Gasteiger partial charge in [0, 0.05) is 5.56 Å². The van der Waals surface area contributed by atoms with Crippen molar-refractivity contribution in [2.24, 2.45) is 0 Å². The van der Waals surface area contributed by atoms with Crippen LogP contribution in [0.5, 0.6) is 5.75 Å². The lowest BCUT2D eigenvalue weighted by atomic mass is 10.0. The maximum Gasteiger partial charge on any atom is 0.292 e. The zero-order valence-electron chi connectivity index (χ0n) is 17.3. The summed E-state index contributed by atoms with van der Waals surface area (Å²) in [5, 5.41) is 0. The molecular formula is C24H29NO4. The Hall–Kier alpha value is -2.37. The number of ether oxygens (including phenoxy) is 3. The lowest BCUT2D eigenvalue weighted by Gasteiger charge is -2.22. The summed E-state index contributed by atoms with van der Waals surface area (Å²) in [6, 6.07) is 14.0. The Morgan fingerprint density at radius 1 is 1.03 bits per heavy atom. The molecule has 0 bridgehead atoms. The first-order valence-corrected chi connectivity index (χ1v) is 10.6. The van der Waals surface area contributed by atoms with Gasteiger partial charge in [0.05, 0.1) is 32.1 Å². The minimum Gasteiger partial charge on any atom is -0.494 e. The van der Waals surface area contributed by atoms with Gasteiger partial charge in [0.2, 0.25) is 0 Å². The Bertz CT molecular complexity index is 856. The molecule has 0 unspecified atom stereocenters. The molecule has 5 nitrogen and oxygen atoms in total. The summed E-state index contributed by atoms with van der Waals surface area (Å²) in [5.74, 6) is -0.553. The third-order valence-corrected chi connectivity index (χ3v) is 5.55. The number of aryl methyl sites for hydroxylation is 1. The Kier molecular flexibility index (Phi) is 5.88. The van der Waals surface area contributed by atoms with Crippen LogP contribution in [0.15, 0.2) is 42.5 Å². The average molecular weight is 395 g/mol. The van der Waals surface area contributed by atoms with Gasteiger partial charge in [-0.05, 0) is 43.2 Å². The highest BCUT2D eigenvalue weighted by Gasteiger charge is 2.55. The van der Waals surface area contributed by atoms with Gasteiger partial charge in [0.1, 0.15) is 5.75 Å². The van der Waals surface area contributed by atoms with Crippen molar-refractivity contribution in [3.63, 3.8) is 0 Å². The summed E-state index contributed by atoms with van der Waals surface area (Å²) >= 11 is 0. The molecule has 1 fully saturated rings. The second-order valence-corrected chi connectivity index (χ2v) is 7.78. The minimum absolute atomic E-state index is 0.146. The predicted molar refractivity (Wildman–Crippen MR) is 112 cm³/mol. The molecule has 29 heavy (non-hydrogen) atoms. The van der Waals surface area contributed by atoms with Gasteiger partial charge in [0.15, 0.2) is 0 Å². The molecular weight excluding hydrogens is 366 g/mol. The summed E-state index contributed by atoms with van der Waals surface area (Å²) in [6.07, 6.45) is 4.76. The SMILES string of the molecule is CCCCCCOc1ccc(CN2C(=O)C3(OCCO3)c3cc(C)ccc32)cc1. The highest BCUT2D eigenvalue weighted by molar-refractivity contribution is 6.06. The van der Waals surface area contributed by atoms with E-state index in [0.717, 1.165) is 41.2 Å². The van der Waals surface area contributed by atoms with Crippen molar-refractivity contribution in [3.05, 3.63) is 59.2 Å². The average Bonchev–Trinajstić information content (AvgIpc) is 3.30. The second kappa shape index (κ2) is 8.56. The first-order valence-electron chi connectivity index (χ1n) is 10.6. The van der Waals surface area contributed by atoms with Crippen molar-refractivity contribution in [2.45, 2.75) is 51.9 Å². The number of unbranched alkanes of at least 4 members (excludes halogenated alkanes) is 3. The van der Waals surface area contributed by atoms with Crippen LogP contribution < -0.4 is 9.64 Å². The number of carbonyl (C=O) groups excluding carboxylic acids is 1. The van der Waals surface area contributed by atoms with Gasteiger partial charge in [-0.3, -0.25) is 4.79 Å².